The zero-order valence-electron chi connectivity index (χ0n) is 11.1. The molecule has 1 aromatic carbocycles. The maximum absolute atomic E-state index is 11.0. The van der Waals surface area contributed by atoms with E-state index in [0.29, 0.717) is 12.1 Å². The van der Waals surface area contributed by atoms with Gasteiger partial charge in [0.25, 0.3) is 0 Å². The molecule has 2 aromatic rings. The number of pyridine rings is 1. The highest BCUT2D eigenvalue weighted by Gasteiger charge is 2.21. The van der Waals surface area contributed by atoms with E-state index in [1.54, 1.807) is 0 Å². The van der Waals surface area contributed by atoms with Crippen molar-refractivity contribution in [2.45, 2.75) is 12.8 Å². The molecule has 0 spiro atoms. The van der Waals surface area contributed by atoms with E-state index in [1.165, 1.54) is 0 Å². The van der Waals surface area contributed by atoms with Gasteiger partial charge in [-0.3, -0.25) is 0 Å². The molecule has 4 heteroatoms. The van der Waals surface area contributed by atoms with Crippen LogP contribution < -0.4 is 4.90 Å². The summed E-state index contributed by atoms with van der Waals surface area (Å²) < 4.78 is 0. The highest BCUT2D eigenvalue weighted by molar-refractivity contribution is 5.86. The van der Waals surface area contributed by atoms with Crippen molar-refractivity contribution >= 4 is 23.0 Å². The van der Waals surface area contributed by atoms with Crippen molar-refractivity contribution < 1.29 is 4.79 Å². The van der Waals surface area contributed by atoms with Gasteiger partial charge in [-0.2, -0.15) is 5.26 Å². The van der Waals surface area contributed by atoms with Crippen molar-refractivity contribution in [1.29, 1.82) is 5.26 Å². The number of piperidine rings is 1. The van der Waals surface area contributed by atoms with Gasteiger partial charge in [0, 0.05) is 24.4 Å². The first kappa shape index (κ1) is 12.6. The molecule has 1 unspecified atom stereocenters. The number of anilines is 1. The number of nitrogens with zero attached hydrogens (tertiary/aromatic N) is 3. The largest absolute Gasteiger partial charge is 0.356 e. The standard InChI is InChI=1S/C16H15N3O/c17-9-13-8-16(18-15-6-2-1-5-14(13)15)19-7-3-4-12(10-19)11-20/h1-2,5-6,8,11-12H,3-4,7,10H2. The Morgan fingerprint density at radius 2 is 2.25 bits per heavy atom. The lowest BCUT2D eigenvalue weighted by Crippen LogP contribution is -2.36. The molecule has 1 aromatic heterocycles. The summed E-state index contributed by atoms with van der Waals surface area (Å²) in [6.45, 7) is 1.58. The van der Waals surface area contributed by atoms with E-state index in [0.717, 1.165) is 42.4 Å². The van der Waals surface area contributed by atoms with Crippen molar-refractivity contribution in [1.82, 2.24) is 4.98 Å². The van der Waals surface area contributed by atoms with Gasteiger partial charge in [0.15, 0.2) is 0 Å². The summed E-state index contributed by atoms with van der Waals surface area (Å²) in [6.07, 6.45) is 2.96. The third-order valence-corrected chi connectivity index (χ3v) is 3.80. The van der Waals surface area contributed by atoms with Crippen molar-refractivity contribution in [3.63, 3.8) is 0 Å². The molecule has 1 atom stereocenters. The maximum Gasteiger partial charge on any atom is 0.130 e. The molecule has 0 amide bonds. The minimum atomic E-state index is 0.0718. The van der Waals surface area contributed by atoms with E-state index in [-0.39, 0.29) is 5.92 Å². The van der Waals surface area contributed by atoms with Crippen LogP contribution in [0.4, 0.5) is 5.82 Å². The van der Waals surface area contributed by atoms with Crippen LogP contribution in [-0.2, 0) is 4.79 Å². The molecule has 100 valence electrons. The smallest absolute Gasteiger partial charge is 0.130 e. The van der Waals surface area contributed by atoms with Gasteiger partial charge in [0.2, 0.25) is 0 Å². The van der Waals surface area contributed by atoms with E-state index in [9.17, 15) is 10.1 Å². The van der Waals surface area contributed by atoms with Gasteiger partial charge in [0.05, 0.1) is 17.1 Å². The molecular weight excluding hydrogens is 250 g/mol. The molecule has 0 radical (unpaired) electrons. The Morgan fingerprint density at radius 3 is 3.05 bits per heavy atom. The van der Waals surface area contributed by atoms with Gasteiger partial charge in [0.1, 0.15) is 12.1 Å². The topological polar surface area (TPSA) is 57.0 Å². The molecule has 1 aliphatic heterocycles. The van der Waals surface area contributed by atoms with Gasteiger partial charge < -0.3 is 9.69 Å². The molecule has 1 saturated heterocycles. The molecule has 3 rings (SSSR count). The summed E-state index contributed by atoms with van der Waals surface area (Å²) in [7, 11) is 0. The third kappa shape index (κ3) is 2.23. The highest BCUT2D eigenvalue weighted by Crippen LogP contribution is 2.25. The summed E-state index contributed by atoms with van der Waals surface area (Å²) in [5.74, 6) is 0.870. The fourth-order valence-corrected chi connectivity index (χ4v) is 2.75. The molecule has 0 bridgehead atoms. The van der Waals surface area contributed by atoms with Crippen LogP contribution in [0, 0.1) is 17.2 Å². The number of para-hydroxylation sites is 1. The quantitative estimate of drug-likeness (QED) is 0.783. The summed E-state index contributed by atoms with van der Waals surface area (Å²) in [5.41, 5.74) is 1.47. The number of fused-ring (bicyclic) bond motifs is 1. The summed E-state index contributed by atoms with van der Waals surface area (Å²) in [5, 5.41) is 10.2. The zero-order valence-corrected chi connectivity index (χ0v) is 11.1. The molecule has 1 aliphatic rings. The Bertz CT molecular complexity index is 690. The first-order valence-corrected chi connectivity index (χ1v) is 6.82. The summed E-state index contributed by atoms with van der Waals surface area (Å²) >= 11 is 0. The highest BCUT2D eigenvalue weighted by atomic mass is 16.1. The second-order valence-corrected chi connectivity index (χ2v) is 5.14. The number of carbonyl (C=O) groups is 1. The number of benzene rings is 1. The normalized spacial score (nSPS) is 18.8. The zero-order chi connectivity index (χ0) is 13.9. The van der Waals surface area contributed by atoms with Gasteiger partial charge >= 0.3 is 0 Å². The molecule has 1 fully saturated rings. The fourth-order valence-electron chi connectivity index (χ4n) is 2.75. The van der Waals surface area contributed by atoms with Crippen molar-refractivity contribution in [3.05, 3.63) is 35.9 Å². The molecule has 0 aliphatic carbocycles. The number of nitriles is 1. The lowest BCUT2D eigenvalue weighted by atomic mass is 9.99. The van der Waals surface area contributed by atoms with Gasteiger partial charge in [-0.05, 0) is 25.0 Å². The molecule has 0 saturated carbocycles. The first-order valence-electron chi connectivity index (χ1n) is 6.82. The van der Waals surface area contributed by atoms with Crippen molar-refractivity contribution in [3.8, 4) is 6.07 Å². The molecule has 4 nitrogen and oxygen atoms in total. The number of carbonyl (C=O) groups excluding carboxylic acids is 1. The fraction of sp³-hybridized carbons (Fsp3) is 0.312. The number of rotatable bonds is 2. The molecular formula is C16H15N3O. The van der Waals surface area contributed by atoms with Crippen LogP contribution in [0.3, 0.4) is 0 Å². The van der Waals surface area contributed by atoms with Crippen LogP contribution in [-0.4, -0.2) is 24.4 Å². The summed E-state index contributed by atoms with van der Waals surface area (Å²) in [4.78, 5) is 17.7. The molecule has 20 heavy (non-hydrogen) atoms. The van der Waals surface area contributed by atoms with E-state index < -0.39 is 0 Å². The Balaban J connectivity index is 2.03. The predicted molar refractivity (Wildman–Crippen MR) is 77.5 cm³/mol. The Hall–Kier alpha value is -2.41. The lowest BCUT2D eigenvalue weighted by Gasteiger charge is -2.31. The van der Waals surface area contributed by atoms with Crippen molar-refractivity contribution in [2.75, 3.05) is 18.0 Å². The van der Waals surface area contributed by atoms with Crippen molar-refractivity contribution in [2.24, 2.45) is 5.92 Å². The number of hydrogen-bond donors (Lipinski definition) is 0. The molecule has 2 heterocycles. The van der Waals surface area contributed by atoms with Gasteiger partial charge in [-0.1, -0.05) is 18.2 Å². The van der Waals surface area contributed by atoms with Gasteiger partial charge in [-0.15, -0.1) is 0 Å². The average Bonchev–Trinajstić information content (AvgIpc) is 2.53. The van der Waals surface area contributed by atoms with E-state index in [1.807, 2.05) is 30.3 Å². The average molecular weight is 265 g/mol. The number of aldehydes is 1. The Labute approximate surface area is 117 Å². The van der Waals surface area contributed by atoms with Crippen LogP contribution in [0.2, 0.25) is 0 Å². The summed E-state index contributed by atoms with van der Waals surface area (Å²) in [6, 6.07) is 11.7. The van der Waals surface area contributed by atoms with E-state index >= 15 is 0 Å². The second-order valence-electron chi connectivity index (χ2n) is 5.14. The second kappa shape index (κ2) is 5.30. The number of hydrogen-bond acceptors (Lipinski definition) is 4. The Kier molecular flexibility index (Phi) is 3.34. The van der Waals surface area contributed by atoms with Crippen LogP contribution in [0.1, 0.15) is 18.4 Å². The minimum absolute atomic E-state index is 0.0718. The monoisotopic (exact) mass is 265 g/mol. The SMILES string of the molecule is N#Cc1cc(N2CCCC(C=O)C2)nc2ccccc12. The van der Waals surface area contributed by atoms with E-state index in [4.69, 9.17) is 0 Å². The minimum Gasteiger partial charge on any atom is -0.356 e. The third-order valence-electron chi connectivity index (χ3n) is 3.80. The van der Waals surface area contributed by atoms with Crippen LogP contribution in [0.5, 0.6) is 0 Å². The van der Waals surface area contributed by atoms with Crippen LogP contribution >= 0.6 is 0 Å². The first-order chi connectivity index (χ1) is 9.81. The van der Waals surface area contributed by atoms with Crippen LogP contribution in [0.25, 0.3) is 10.9 Å². The van der Waals surface area contributed by atoms with Crippen LogP contribution in [0.15, 0.2) is 30.3 Å². The Morgan fingerprint density at radius 1 is 1.40 bits per heavy atom. The van der Waals surface area contributed by atoms with Gasteiger partial charge in [-0.25, -0.2) is 4.98 Å². The van der Waals surface area contributed by atoms with E-state index in [2.05, 4.69) is 16.0 Å². The predicted octanol–water partition coefficient (Wildman–Crippen LogP) is 2.52. The lowest BCUT2D eigenvalue weighted by molar-refractivity contribution is -0.111. The number of aromatic nitrogens is 1. The molecule has 0 N–H and O–H groups in total. The maximum atomic E-state index is 11.0.